The molecule has 0 spiro atoms. The summed E-state index contributed by atoms with van der Waals surface area (Å²) in [6.45, 7) is 3.28. The summed E-state index contributed by atoms with van der Waals surface area (Å²) in [5.74, 6) is 0. The zero-order valence-electron chi connectivity index (χ0n) is 8.90. The second-order valence-electron chi connectivity index (χ2n) is 3.94. The first kappa shape index (κ1) is 9.94. The lowest BCUT2D eigenvalue weighted by Crippen LogP contribution is -2.24. The quantitative estimate of drug-likeness (QED) is 0.654. The molecule has 2 heterocycles. The summed E-state index contributed by atoms with van der Waals surface area (Å²) in [5.41, 5.74) is 1.76. The van der Waals surface area contributed by atoms with E-state index < -0.39 is 0 Å². The highest BCUT2D eigenvalue weighted by atomic mass is 16.1. The Morgan fingerprint density at radius 2 is 2.33 bits per heavy atom. The van der Waals surface area contributed by atoms with E-state index in [2.05, 4.69) is 6.07 Å². The molecule has 15 heavy (non-hydrogen) atoms. The first-order valence-electron chi connectivity index (χ1n) is 4.92. The van der Waals surface area contributed by atoms with Gasteiger partial charge in [0.2, 0.25) is 0 Å². The minimum absolute atomic E-state index is 0.0102. The van der Waals surface area contributed by atoms with Crippen LogP contribution in [-0.4, -0.2) is 22.1 Å². The topological polar surface area (TPSA) is 48.8 Å². The monoisotopic (exact) mass is 203 g/mol. The maximum atomic E-state index is 11.8. The number of nitrogens with zero attached hydrogens (tertiary/aromatic N) is 3. The molecule has 1 saturated heterocycles. The zero-order valence-corrected chi connectivity index (χ0v) is 8.90. The van der Waals surface area contributed by atoms with Crippen LogP contribution < -0.4 is 5.56 Å². The van der Waals surface area contributed by atoms with Crippen molar-refractivity contribution in [2.24, 2.45) is 7.05 Å². The van der Waals surface area contributed by atoms with Crippen molar-refractivity contribution in [2.75, 3.05) is 6.54 Å². The van der Waals surface area contributed by atoms with Crippen LogP contribution >= 0.6 is 0 Å². The summed E-state index contributed by atoms with van der Waals surface area (Å²) in [4.78, 5) is 13.8. The summed E-state index contributed by atoms with van der Waals surface area (Å²) in [5, 5.41) is 8.65. The van der Waals surface area contributed by atoms with Gasteiger partial charge in [0.25, 0.3) is 5.56 Å². The normalized spacial score (nSPS) is 23.5. The fourth-order valence-electron chi connectivity index (χ4n) is 1.59. The number of aromatic nitrogens is 1. The van der Waals surface area contributed by atoms with E-state index in [9.17, 15) is 4.79 Å². The molecule has 4 nitrogen and oxygen atoms in total. The lowest BCUT2D eigenvalue weighted by molar-refractivity contribution is 0.525. The molecular formula is C11H13N3O. The van der Waals surface area contributed by atoms with Crippen LogP contribution in [0.3, 0.4) is 0 Å². The predicted octanol–water partition coefficient (Wildman–Crippen LogP) is 0.401. The fourth-order valence-corrected chi connectivity index (χ4v) is 1.59. The van der Waals surface area contributed by atoms with Crippen LogP contribution in [0.15, 0.2) is 16.9 Å². The van der Waals surface area contributed by atoms with Crippen LogP contribution in [-0.2, 0) is 13.6 Å². The van der Waals surface area contributed by atoms with Crippen LogP contribution in [0, 0.1) is 18.3 Å². The van der Waals surface area contributed by atoms with Gasteiger partial charge in [-0.2, -0.15) is 5.26 Å². The smallest absolute Gasteiger partial charge is 0.254 e. The highest BCUT2D eigenvalue weighted by Crippen LogP contribution is 2.18. The van der Waals surface area contributed by atoms with Crippen LogP contribution in [0.2, 0.25) is 0 Å². The third-order valence-electron chi connectivity index (χ3n) is 2.87. The molecule has 0 N–H and O–H groups in total. The van der Waals surface area contributed by atoms with Crippen LogP contribution in [0.25, 0.3) is 0 Å². The molecule has 1 fully saturated rings. The van der Waals surface area contributed by atoms with Crippen molar-refractivity contribution in [1.82, 2.24) is 9.47 Å². The van der Waals surface area contributed by atoms with Gasteiger partial charge in [-0.1, -0.05) is 6.07 Å². The van der Waals surface area contributed by atoms with Gasteiger partial charge in [0.05, 0.1) is 6.07 Å². The van der Waals surface area contributed by atoms with Gasteiger partial charge in [0.1, 0.15) is 6.04 Å². The van der Waals surface area contributed by atoms with Gasteiger partial charge in [-0.15, -0.1) is 0 Å². The van der Waals surface area contributed by atoms with Crippen molar-refractivity contribution in [3.63, 3.8) is 0 Å². The van der Waals surface area contributed by atoms with E-state index in [0.717, 1.165) is 17.8 Å². The second-order valence-corrected chi connectivity index (χ2v) is 3.94. The van der Waals surface area contributed by atoms with Crippen molar-refractivity contribution in [3.05, 3.63) is 33.7 Å². The van der Waals surface area contributed by atoms with Gasteiger partial charge in [-0.3, -0.25) is 9.69 Å². The minimum atomic E-state index is 0.0102. The lowest BCUT2D eigenvalue weighted by atomic mass is 10.2. The van der Waals surface area contributed by atoms with Crippen molar-refractivity contribution in [1.29, 1.82) is 5.26 Å². The van der Waals surface area contributed by atoms with Crippen molar-refractivity contribution in [2.45, 2.75) is 19.5 Å². The standard InChI is InChI=1S/C11H13N3O/c1-8-3-4-9(11(15)13(8)2)6-14-7-10(14)5-12/h3-4,10H,6-7H2,1-2H3. The van der Waals surface area contributed by atoms with Gasteiger partial charge in [0, 0.05) is 31.4 Å². The highest BCUT2D eigenvalue weighted by Gasteiger charge is 2.34. The largest absolute Gasteiger partial charge is 0.316 e. The molecule has 0 aliphatic carbocycles. The molecule has 2 unspecified atom stereocenters. The van der Waals surface area contributed by atoms with Gasteiger partial charge in [-0.05, 0) is 13.0 Å². The summed E-state index contributed by atoms with van der Waals surface area (Å²) >= 11 is 0. The summed E-state index contributed by atoms with van der Waals surface area (Å²) in [6.07, 6.45) is 0. The molecule has 78 valence electrons. The first-order valence-corrected chi connectivity index (χ1v) is 4.92. The van der Waals surface area contributed by atoms with E-state index >= 15 is 0 Å². The third-order valence-corrected chi connectivity index (χ3v) is 2.87. The van der Waals surface area contributed by atoms with Gasteiger partial charge >= 0.3 is 0 Å². The van der Waals surface area contributed by atoms with Crippen LogP contribution in [0.5, 0.6) is 0 Å². The Morgan fingerprint density at radius 1 is 1.60 bits per heavy atom. The first-order chi connectivity index (χ1) is 7.13. The third kappa shape index (κ3) is 1.79. The van der Waals surface area contributed by atoms with E-state index in [1.807, 2.05) is 24.0 Å². The molecule has 1 aromatic heterocycles. The lowest BCUT2D eigenvalue weighted by Gasteiger charge is -2.06. The molecule has 0 amide bonds. The maximum Gasteiger partial charge on any atom is 0.254 e. The molecule has 1 aliphatic heterocycles. The Morgan fingerprint density at radius 3 is 2.93 bits per heavy atom. The molecule has 0 aromatic carbocycles. The number of rotatable bonds is 2. The Labute approximate surface area is 88.4 Å². The molecule has 0 saturated carbocycles. The number of aryl methyl sites for hydroxylation is 1. The van der Waals surface area contributed by atoms with Gasteiger partial charge < -0.3 is 4.57 Å². The number of nitriles is 1. The minimum Gasteiger partial charge on any atom is -0.316 e. The average molecular weight is 203 g/mol. The summed E-state index contributed by atoms with van der Waals surface area (Å²) in [7, 11) is 1.77. The molecule has 4 heteroatoms. The van der Waals surface area contributed by atoms with Crippen LogP contribution in [0.4, 0.5) is 0 Å². The van der Waals surface area contributed by atoms with E-state index in [-0.39, 0.29) is 11.6 Å². The van der Waals surface area contributed by atoms with E-state index in [1.165, 1.54) is 0 Å². The van der Waals surface area contributed by atoms with Crippen LogP contribution in [0.1, 0.15) is 11.3 Å². The predicted molar refractivity (Wildman–Crippen MR) is 56.2 cm³/mol. The molecule has 1 aromatic rings. The maximum absolute atomic E-state index is 11.8. The van der Waals surface area contributed by atoms with Gasteiger partial charge in [0.15, 0.2) is 0 Å². The molecule has 2 rings (SSSR count). The molecule has 0 radical (unpaired) electrons. The molecular weight excluding hydrogens is 190 g/mol. The second kappa shape index (κ2) is 3.52. The molecule has 1 aliphatic rings. The zero-order chi connectivity index (χ0) is 11.0. The Balaban J connectivity index is 2.21. The molecule has 2 atom stereocenters. The summed E-state index contributed by atoms with van der Waals surface area (Å²) < 4.78 is 1.64. The SMILES string of the molecule is Cc1ccc(CN2CC2C#N)c(=O)n1C. The van der Waals surface area contributed by atoms with Crippen molar-refractivity contribution < 1.29 is 0 Å². The van der Waals surface area contributed by atoms with E-state index in [4.69, 9.17) is 5.26 Å². The number of hydrogen-bond acceptors (Lipinski definition) is 3. The Kier molecular flexibility index (Phi) is 2.33. The highest BCUT2D eigenvalue weighted by molar-refractivity contribution is 5.18. The number of hydrogen-bond donors (Lipinski definition) is 0. The van der Waals surface area contributed by atoms with E-state index in [1.54, 1.807) is 11.6 Å². The van der Waals surface area contributed by atoms with Crippen molar-refractivity contribution in [3.8, 4) is 6.07 Å². The average Bonchev–Trinajstić information content (AvgIpc) is 2.98. The van der Waals surface area contributed by atoms with Gasteiger partial charge in [-0.25, -0.2) is 0 Å². The van der Waals surface area contributed by atoms with E-state index in [0.29, 0.717) is 6.54 Å². The summed E-state index contributed by atoms with van der Waals surface area (Å²) in [6, 6.07) is 5.97. The van der Waals surface area contributed by atoms with Crippen molar-refractivity contribution >= 4 is 0 Å². The molecule has 0 bridgehead atoms. The number of pyridine rings is 1. The Bertz CT molecular complexity index is 484. The fraction of sp³-hybridized carbons (Fsp3) is 0.455. The Hall–Kier alpha value is -1.60.